The molecule has 0 bridgehead atoms. The molecule has 2 N–H and O–H groups in total. The summed E-state index contributed by atoms with van der Waals surface area (Å²) in [4.78, 5) is 44.2. The number of amides is 3. The largest absolute Gasteiger partial charge is 0.351 e. The van der Waals surface area contributed by atoms with Crippen molar-refractivity contribution in [2.75, 3.05) is 25.0 Å². The number of amidine groups is 1. The predicted molar refractivity (Wildman–Crippen MR) is 139 cm³/mol. The number of nitrogens with zero attached hydrogens (tertiary/aromatic N) is 2. The maximum atomic E-state index is 12.8. The fourth-order valence-electron chi connectivity index (χ4n) is 4.71. The van der Waals surface area contributed by atoms with Gasteiger partial charge in [-0.05, 0) is 55.9 Å². The SMILES string of the molecule is O=C(C[C@@H]1SC(N2CCCCC2)=NC1=O)Nc1cccc(C(=O)NCC2(c3ccccc3)CC2)c1. The van der Waals surface area contributed by atoms with Crippen LogP contribution >= 0.6 is 11.8 Å². The lowest BCUT2D eigenvalue weighted by Gasteiger charge is -2.27. The van der Waals surface area contributed by atoms with Gasteiger partial charge in [0, 0.05) is 42.7 Å². The number of benzene rings is 2. The van der Waals surface area contributed by atoms with E-state index in [1.807, 2.05) is 18.2 Å². The first-order valence-corrected chi connectivity index (χ1v) is 13.2. The highest BCUT2D eigenvalue weighted by molar-refractivity contribution is 8.15. The lowest BCUT2D eigenvalue weighted by atomic mass is 9.96. The highest BCUT2D eigenvalue weighted by atomic mass is 32.2. The summed E-state index contributed by atoms with van der Waals surface area (Å²) in [6.45, 7) is 2.42. The van der Waals surface area contributed by atoms with Gasteiger partial charge in [0.1, 0.15) is 5.25 Å². The van der Waals surface area contributed by atoms with Crippen LogP contribution in [0.2, 0.25) is 0 Å². The van der Waals surface area contributed by atoms with E-state index in [4.69, 9.17) is 0 Å². The van der Waals surface area contributed by atoms with Gasteiger partial charge in [0.25, 0.3) is 11.8 Å². The monoisotopic (exact) mass is 490 g/mol. The topological polar surface area (TPSA) is 90.9 Å². The molecule has 2 fully saturated rings. The van der Waals surface area contributed by atoms with Crippen LogP contribution in [0.15, 0.2) is 59.6 Å². The van der Waals surface area contributed by atoms with Gasteiger partial charge in [0.15, 0.2) is 5.17 Å². The number of anilines is 1. The van der Waals surface area contributed by atoms with Gasteiger partial charge in [-0.15, -0.1) is 0 Å². The van der Waals surface area contributed by atoms with Crippen LogP contribution in [-0.4, -0.2) is 52.7 Å². The number of likely N-dealkylation sites (tertiary alicyclic amines) is 1. The number of hydrogen-bond donors (Lipinski definition) is 2. The zero-order valence-corrected chi connectivity index (χ0v) is 20.5. The Bertz CT molecular complexity index is 1140. The van der Waals surface area contributed by atoms with E-state index >= 15 is 0 Å². The second-order valence-corrected chi connectivity index (χ2v) is 10.7. The van der Waals surface area contributed by atoms with Crippen molar-refractivity contribution in [3.63, 3.8) is 0 Å². The second kappa shape index (κ2) is 10.2. The third-order valence-electron chi connectivity index (χ3n) is 6.96. The van der Waals surface area contributed by atoms with Crippen molar-refractivity contribution in [2.24, 2.45) is 4.99 Å². The molecule has 3 amide bonds. The number of thioether (sulfide) groups is 1. The first-order valence-electron chi connectivity index (χ1n) is 12.3. The van der Waals surface area contributed by atoms with E-state index in [1.165, 1.54) is 23.7 Å². The molecule has 3 aliphatic rings. The molecule has 182 valence electrons. The van der Waals surface area contributed by atoms with Crippen LogP contribution in [0.3, 0.4) is 0 Å². The molecule has 2 aromatic carbocycles. The summed E-state index contributed by atoms with van der Waals surface area (Å²) < 4.78 is 0. The summed E-state index contributed by atoms with van der Waals surface area (Å²) in [6.07, 6.45) is 5.61. The Hall–Kier alpha value is -3.13. The number of piperidine rings is 1. The molecule has 1 atom stereocenters. The lowest BCUT2D eigenvalue weighted by Crippen LogP contribution is -2.33. The summed E-state index contributed by atoms with van der Waals surface area (Å²) in [5.41, 5.74) is 2.32. The molecule has 1 aliphatic carbocycles. The van der Waals surface area contributed by atoms with Crippen molar-refractivity contribution in [1.29, 1.82) is 0 Å². The molecule has 1 saturated carbocycles. The number of carbonyl (C=O) groups excluding carboxylic acids is 3. The number of carbonyl (C=O) groups is 3. The van der Waals surface area contributed by atoms with Crippen LogP contribution in [-0.2, 0) is 15.0 Å². The van der Waals surface area contributed by atoms with Crippen molar-refractivity contribution in [2.45, 2.75) is 49.2 Å². The minimum absolute atomic E-state index is 0.0311. The zero-order valence-electron chi connectivity index (χ0n) is 19.7. The maximum Gasteiger partial charge on any atom is 0.262 e. The molecule has 0 aromatic heterocycles. The highest BCUT2D eigenvalue weighted by Gasteiger charge is 2.44. The molecule has 35 heavy (non-hydrogen) atoms. The Kier molecular flexibility index (Phi) is 6.90. The van der Waals surface area contributed by atoms with Gasteiger partial charge in [-0.1, -0.05) is 48.2 Å². The Labute approximate surface area is 209 Å². The van der Waals surface area contributed by atoms with Gasteiger partial charge >= 0.3 is 0 Å². The Morgan fingerprint density at radius 1 is 1.03 bits per heavy atom. The van der Waals surface area contributed by atoms with Crippen LogP contribution in [0.1, 0.15) is 54.4 Å². The molecule has 0 unspecified atom stereocenters. The van der Waals surface area contributed by atoms with Crippen LogP contribution in [0.5, 0.6) is 0 Å². The first-order chi connectivity index (χ1) is 17.0. The second-order valence-electron chi connectivity index (χ2n) is 9.55. The van der Waals surface area contributed by atoms with Crippen molar-refractivity contribution in [1.82, 2.24) is 10.2 Å². The normalized spacial score (nSPS) is 20.8. The molecular weight excluding hydrogens is 460 g/mol. The Morgan fingerprint density at radius 2 is 1.80 bits per heavy atom. The van der Waals surface area contributed by atoms with E-state index in [9.17, 15) is 14.4 Å². The summed E-state index contributed by atoms with van der Waals surface area (Å²) >= 11 is 1.39. The van der Waals surface area contributed by atoms with Gasteiger partial charge in [-0.3, -0.25) is 14.4 Å². The summed E-state index contributed by atoms with van der Waals surface area (Å²) in [5, 5.41) is 6.15. The zero-order chi connectivity index (χ0) is 24.3. The molecule has 5 rings (SSSR count). The molecule has 7 nitrogen and oxygen atoms in total. The van der Waals surface area contributed by atoms with E-state index in [1.54, 1.807) is 24.3 Å². The average Bonchev–Trinajstić information content (AvgIpc) is 3.60. The average molecular weight is 491 g/mol. The van der Waals surface area contributed by atoms with Crippen molar-refractivity contribution >= 4 is 40.3 Å². The van der Waals surface area contributed by atoms with Crippen molar-refractivity contribution in [3.8, 4) is 0 Å². The lowest BCUT2D eigenvalue weighted by molar-refractivity contribution is -0.121. The van der Waals surface area contributed by atoms with Crippen molar-refractivity contribution < 1.29 is 14.4 Å². The van der Waals surface area contributed by atoms with E-state index in [0.29, 0.717) is 17.8 Å². The minimum atomic E-state index is -0.494. The molecule has 0 spiro atoms. The molecule has 2 aromatic rings. The number of nitrogens with one attached hydrogen (secondary N) is 2. The van der Waals surface area contributed by atoms with Gasteiger partial charge in [0.2, 0.25) is 5.91 Å². The van der Waals surface area contributed by atoms with Crippen LogP contribution < -0.4 is 10.6 Å². The molecule has 1 saturated heterocycles. The number of aliphatic imine (C=N–C) groups is 1. The van der Waals surface area contributed by atoms with Crippen molar-refractivity contribution in [3.05, 3.63) is 65.7 Å². The Balaban J connectivity index is 1.13. The van der Waals surface area contributed by atoms with Gasteiger partial charge in [0.05, 0.1) is 0 Å². The number of rotatable bonds is 7. The fourth-order valence-corrected chi connectivity index (χ4v) is 5.83. The highest BCUT2D eigenvalue weighted by Crippen LogP contribution is 2.47. The summed E-state index contributed by atoms with van der Waals surface area (Å²) in [5.74, 6) is -0.666. The smallest absolute Gasteiger partial charge is 0.262 e. The molecule has 2 heterocycles. The molecule has 8 heteroatoms. The maximum absolute atomic E-state index is 12.8. The molecular formula is C27H30N4O3S. The standard InChI is InChI=1S/C27H30N4O3S/c32-23(17-22-25(34)30-26(35-22)31-14-5-2-6-15-31)29-21-11-7-8-19(16-21)24(33)28-18-27(12-13-27)20-9-3-1-4-10-20/h1,3-4,7-11,16,22H,2,5-6,12-15,17-18H2,(H,28,33)(H,29,32)/t22-/m0/s1. The van der Waals surface area contributed by atoms with Gasteiger partial charge in [-0.25, -0.2) is 0 Å². The fraction of sp³-hybridized carbons (Fsp3) is 0.407. The van der Waals surface area contributed by atoms with Gasteiger partial charge in [-0.2, -0.15) is 4.99 Å². The first kappa shape index (κ1) is 23.6. The third kappa shape index (κ3) is 5.59. The van der Waals surface area contributed by atoms with Gasteiger partial charge < -0.3 is 15.5 Å². The van der Waals surface area contributed by atoms with Crippen LogP contribution in [0, 0.1) is 0 Å². The minimum Gasteiger partial charge on any atom is -0.351 e. The van der Waals surface area contributed by atoms with Crippen LogP contribution in [0.25, 0.3) is 0 Å². The predicted octanol–water partition coefficient (Wildman–Crippen LogP) is 3.96. The summed E-state index contributed by atoms with van der Waals surface area (Å²) in [6, 6.07) is 17.2. The quantitative estimate of drug-likeness (QED) is 0.613. The third-order valence-corrected chi connectivity index (χ3v) is 8.18. The Morgan fingerprint density at radius 3 is 2.54 bits per heavy atom. The van der Waals surface area contributed by atoms with Crippen LogP contribution in [0.4, 0.5) is 5.69 Å². The van der Waals surface area contributed by atoms with E-state index < -0.39 is 5.25 Å². The molecule has 2 aliphatic heterocycles. The summed E-state index contributed by atoms with van der Waals surface area (Å²) in [7, 11) is 0. The number of hydrogen-bond acceptors (Lipinski definition) is 5. The molecule has 0 radical (unpaired) electrons. The van der Waals surface area contributed by atoms with E-state index in [0.717, 1.165) is 43.9 Å². The van der Waals surface area contributed by atoms with E-state index in [2.05, 4.69) is 32.7 Å². The van der Waals surface area contributed by atoms with E-state index in [-0.39, 0.29) is 29.6 Å².